The fourth-order valence-electron chi connectivity index (χ4n) is 1.45. The first-order valence-corrected chi connectivity index (χ1v) is 5.46. The van der Waals surface area contributed by atoms with Gasteiger partial charge < -0.3 is 14.3 Å². The number of hydrogen-bond donors (Lipinski definition) is 0. The van der Waals surface area contributed by atoms with Gasteiger partial charge in [0.25, 0.3) is 0 Å². The molecule has 0 N–H and O–H groups in total. The van der Waals surface area contributed by atoms with Crippen molar-refractivity contribution in [3.63, 3.8) is 0 Å². The molecule has 1 rings (SSSR count). The van der Waals surface area contributed by atoms with Gasteiger partial charge in [0, 0.05) is 0 Å². The Morgan fingerprint density at radius 2 is 2.00 bits per heavy atom. The van der Waals surface area contributed by atoms with E-state index in [0.717, 1.165) is 11.3 Å². The third-order valence-electron chi connectivity index (χ3n) is 2.37. The van der Waals surface area contributed by atoms with Crippen molar-refractivity contribution in [1.82, 2.24) is 0 Å². The second-order valence-corrected chi connectivity index (χ2v) is 3.55. The Bertz CT molecular complexity index is 370. The average Bonchev–Trinajstić information content (AvgIpc) is 2.37. The summed E-state index contributed by atoms with van der Waals surface area (Å²) in [6.07, 6.45) is 0.981. The molecule has 1 atom stereocenters. The van der Waals surface area contributed by atoms with Gasteiger partial charge in [-0.3, -0.25) is 4.79 Å². The Labute approximate surface area is 101 Å². The van der Waals surface area contributed by atoms with Crippen LogP contribution in [-0.2, 0) is 20.7 Å². The first-order valence-electron chi connectivity index (χ1n) is 5.46. The van der Waals surface area contributed by atoms with Crippen molar-refractivity contribution < 1.29 is 19.1 Å². The highest BCUT2D eigenvalue weighted by Gasteiger charge is 2.19. The van der Waals surface area contributed by atoms with Crippen LogP contribution in [0.4, 0.5) is 0 Å². The maximum atomic E-state index is 11.4. The van der Waals surface area contributed by atoms with Gasteiger partial charge in [-0.15, -0.1) is 0 Å². The van der Waals surface area contributed by atoms with Crippen LogP contribution in [0, 0.1) is 5.92 Å². The SMILES string of the molecule is CCOC(=O)C(C=O)Cc1ccc(OC)cc1. The molecule has 4 nitrogen and oxygen atoms in total. The maximum Gasteiger partial charge on any atom is 0.316 e. The molecule has 4 heteroatoms. The second kappa shape index (κ2) is 6.68. The Morgan fingerprint density at radius 1 is 1.35 bits per heavy atom. The Morgan fingerprint density at radius 3 is 2.47 bits per heavy atom. The zero-order chi connectivity index (χ0) is 12.7. The van der Waals surface area contributed by atoms with Crippen LogP contribution in [0.5, 0.6) is 5.75 Å². The van der Waals surface area contributed by atoms with E-state index in [1.165, 1.54) is 0 Å². The summed E-state index contributed by atoms with van der Waals surface area (Å²) in [7, 11) is 1.59. The lowest BCUT2D eigenvalue weighted by molar-refractivity contribution is -0.149. The zero-order valence-corrected chi connectivity index (χ0v) is 10.0. The van der Waals surface area contributed by atoms with E-state index in [1.807, 2.05) is 12.1 Å². The van der Waals surface area contributed by atoms with Crippen LogP contribution >= 0.6 is 0 Å². The predicted molar refractivity (Wildman–Crippen MR) is 62.9 cm³/mol. The molecular formula is C13H16O4. The minimum absolute atomic E-state index is 0.284. The summed E-state index contributed by atoms with van der Waals surface area (Å²) < 4.78 is 9.84. The standard InChI is InChI=1S/C13H16O4/c1-3-17-13(15)11(9-14)8-10-4-6-12(16-2)7-5-10/h4-7,9,11H,3,8H2,1-2H3. The van der Waals surface area contributed by atoms with Crippen LogP contribution in [0.1, 0.15) is 12.5 Å². The molecule has 1 aromatic rings. The lowest BCUT2D eigenvalue weighted by atomic mass is 10.0. The molecule has 1 aromatic carbocycles. The van der Waals surface area contributed by atoms with Crippen molar-refractivity contribution in [2.45, 2.75) is 13.3 Å². The molecular weight excluding hydrogens is 220 g/mol. The molecule has 0 bridgehead atoms. The lowest BCUT2D eigenvalue weighted by Crippen LogP contribution is -2.21. The second-order valence-electron chi connectivity index (χ2n) is 3.55. The first kappa shape index (κ1) is 13.2. The van der Waals surface area contributed by atoms with Crippen LogP contribution in [0.15, 0.2) is 24.3 Å². The van der Waals surface area contributed by atoms with Crippen molar-refractivity contribution in [2.75, 3.05) is 13.7 Å². The summed E-state index contributed by atoms with van der Waals surface area (Å²) in [4.78, 5) is 22.2. The number of benzene rings is 1. The minimum Gasteiger partial charge on any atom is -0.497 e. The van der Waals surface area contributed by atoms with E-state index in [2.05, 4.69) is 0 Å². The van der Waals surface area contributed by atoms with Crippen molar-refractivity contribution in [3.05, 3.63) is 29.8 Å². The third-order valence-corrected chi connectivity index (χ3v) is 2.37. The van der Waals surface area contributed by atoms with Crippen molar-refractivity contribution in [2.24, 2.45) is 5.92 Å². The fraction of sp³-hybridized carbons (Fsp3) is 0.385. The highest BCUT2D eigenvalue weighted by Crippen LogP contribution is 2.14. The summed E-state index contributed by atoms with van der Waals surface area (Å²) in [6, 6.07) is 7.24. The summed E-state index contributed by atoms with van der Waals surface area (Å²) in [5.74, 6) is -0.464. The molecule has 17 heavy (non-hydrogen) atoms. The molecule has 1 unspecified atom stereocenters. The number of methoxy groups -OCH3 is 1. The van der Waals surface area contributed by atoms with Gasteiger partial charge in [0.2, 0.25) is 0 Å². The molecule has 0 fully saturated rings. The largest absolute Gasteiger partial charge is 0.497 e. The fourth-order valence-corrected chi connectivity index (χ4v) is 1.45. The summed E-state index contributed by atoms with van der Waals surface area (Å²) in [5.41, 5.74) is 0.899. The molecule has 92 valence electrons. The van der Waals surface area contributed by atoms with Gasteiger partial charge in [-0.1, -0.05) is 12.1 Å². The van der Waals surface area contributed by atoms with Crippen molar-refractivity contribution >= 4 is 12.3 Å². The van der Waals surface area contributed by atoms with Gasteiger partial charge in [-0.05, 0) is 31.0 Å². The smallest absolute Gasteiger partial charge is 0.316 e. The highest BCUT2D eigenvalue weighted by molar-refractivity contribution is 5.88. The molecule has 0 saturated heterocycles. The molecule has 0 aliphatic carbocycles. The first-order chi connectivity index (χ1) is 8.21. The van der Waals surface area contributed by atoms with Crippen LogP contribution in [0.25, 0.3) is 0 Å². The number of rotatable bonds is 6. The van der Waals surface area contributed by atoms with Gasteiger partial charge in [0.05, 0.1) is 13.7 Å². The normalized spacial score (nSPS) is 11.6. The number of esters is 1. The highest BCUT2D eigenvalue weighted by atomic mass is 16.5. The molecule has 0 aliphatic rings. The summed E-state index contributed by atoms with van der Waals surface area (Å²) in [5, 5.41) is 0. The quantitative estimate of drug-likeness (QED) is 0.428. The van der Waals surface area contributed by atoms with Crippen LogP contribution in [-0.4, -0.2) is 26.0 Å². The monoisotopic (exact) mass is 236 g/mol. The molecule has 0 radical (unpaired) electrons. The van der Waals surface area contributed by atoms with E-state index in [1.54, 1.807) is 26.2 Å². The molecule has 0 aromatic heterocycles. The predicted octanol–water partition coefficient (Wildman–Crippen LogP) is 1.62. The van der Waals surface area contributed by atoms with E-state index < -0.39 is 11.9 Å². The summed E-state index contributed by atoms with van der Waals surface area (Å²) >= 11 is 0. The number of ether oxygens (including phenoxy) is 2. The van der Waals surface area contributed by atoms with Gasteiger partial charge in [-0.2, -0.15) is 0 Å². The zero-order valence-electron chi connectivity index (χ0n) is 10.0. The van der Waals surface area contributed by atoms with Crippen LogP contribution < -0.4 is 4.74 Å². The lowest BCUT2D eigenvalue weighted by Gasteiger charge is -2.09. The van der Waals surface area contributed by atoms with Gasteiger partial charge in [-0.25, -0.2) is 0 Å². The minimum atomic E-state index is -0.733. The van der Waals surface area contributed by atoms with Gasteiger partial charge >= 0.3 is 5.97 Å². The van der Waals surface area contributed by atoms with E-state index in [9.17, 15) is 9.59 Å². The van der Waals surface area contributed by atoms with Crippen molar-refractivity contribution in [1.29, 1.82) is 0 Å². The van der Waals surface area contributed by atoms with Gasteiger partial charge in [0.15, 0.2) is 0 Å². The third kappa shape index (κ3) is 3.90. The van der Waals surface area contributed by atoms with E-state index in [0.29, 0.717) is 12.7 Å². The molecule has 0 saturated carbocycles. The van der Waals surface area contributed by atoms with E-state index >= 15 is 0 Å². The Hall–Kier alpha value is -1.84. The average molecular weight is 236 g/mol. The van der Waals surface area contributed by atoms with Crippen LogP contribution in [0.3, 0.4) is 0 Å². The van der Waals surface area contributed by atoms with E-state index in [-0.39, 0.29) is 6.61 Å². The van der Waals surface area contributed by atoms with Gasteiger partial charge in [0.1, 0.15) is 18.0 Å². The maximum absolute atomic E-state index is 11.4. The van der Waals surface area contributed by atoms with Crippen molar-refractivity contribution in [3.8, 4) is 5.75 Å². The number of hydrogen-bond acceptors (Lipinski definition) is 4. The topological polar surface area (TPSA) is 52.6 Å². The van der Waals surface area contributed by atoms with Crippen LogP contribution in [0.2, 0.25) is 0 Å². The summed E-state index contributed by atoms with van der Waals surface area (Å²) in [6.45, 7) is 2.00. The van der Waals surface area contributed by atoms with E-state index in [4.69, 9.17) is 9.47 Å². The number of aldehydes is 1. The molecule has 0 aliphatic heterocycles. The number of carbonyl (C=O) groups excluding carboxylic acids is 2. The Kier molecular flexibility index (Phi) is 5.20. The molecule has 0 heterocycles. The Balaban J connectivity index is 2.66. The molecule has 0 spiro atoms. The molecule has 0 amide bonds. The number of carbonyl (C=O) groups is 2.